The first-order valence-corrected chi connectivity index (χ1v) is 8.09. The molecule has 1 aliphatic heterocycles. The maximum absolute atomic E-state index is 13.6. The highest BCUT2D eigenvalue weighted by atomic mass is 32.2. The number of hydrogen-bond donors (Lipinski definition) is 2. The van der Waals surface area contributed by atoms with Gasteiger partial charge in [-0.15, -0.1) is 0 Å². The van der Waals surface area contributed by atoms with Crippen LogP contribution in [0, 0.1) is 5.82 Å². The molecular weight excluding hydrogens is 295 g/mol. The van der Waals surface area contributed by atoms with Gasteiger partial charge in [-0.05, 0) is 38.0 Å². The summed E-state index contributed by atoms with van der Waals surface area (Å²) in [5.74, 6) is -1.04. The molecule has 3 N–H and O–H groups in total. The van der Waals surface area contributed by atoms with E-state index in [1.807, 2.05) is 0 Å². The van der Waals surface area contributed by atoms with Crippen LogP contribution in [0.2, 0.25) is 0 Å². The SMILES string of the molecule is CC(C(=O)Nc1cc(N)ccc1F)S(=O)C1CCOCC1. The lowest BCUT2D eigenvalue weighted by atomic mass is 10.2. The van der Waals surface area contributed by atoms with Crippen LogP contribution in [0.15, 0.2) is 18.2 Å². The van der Waals surface area contributed by atoms with E-state index in [0.717, 1.165) is 0 Å². The first-order valence-electron chi connectivity index (χ1n) is 6.82. The van der Waals surface area contributed by atoms with Gasteiger partial charge in [0.15, 0.2) is 0 Å². The van der Waals surface area contributed by atoms with E-state index in [9.17, 15) is 13.4 Å². The summed E-state index contributed by atoms with van der Waals surface area (Å²) in [5, 5.41) is 1.69. The van der Waals surface area contributed by atoms with E-state index in [1.54, 1.807) is 6.92 Å². The average Bonchev–Trinajstić information content (AvgIpc) is 2.50. The van der Waals surface area contributed by atoms with Crippen molar-refractivity contribution in [1.29, 1.82) is 0 Å². The Morgan fingerprint density at radius 3 is 2.81 bits per heavy atom. The normalized spacial score (nSPS) is 19.0. The van der Waals surface area contributed by atoms with Gasteiger partial charge in [-0.2, -0.15) is 0 Å². The highest BCUT2D eigenvalue weighted by Crippen LogP contribution is 2.20. The van der Waals surface area contributed by atoms with E-state index >= 15 is 0 Å². The predicted octanol–water partition coefficient (Wildman–Crippen LogP) is 1.66. The molecule has 1 fully saturated rings. The van der Waals surface area contributed by atoms with E-state index in [-0.39, 0.29) is 10.9 Å². The fraction of sp³-hybridized carbons (Fsp3) is 0.500. The van der Waals surface area contributed by atoms with Crippen molar-refractivity contribution in [2.45, 2.75) is 30.3 Å². The molecule has 1 saturated heterocycles. The lowest BCUT2D eigenvalue weighted by Gasteiger charge is -2.24. The molecule has 116 valence electrons. The Bertz CT molecular complexity index is 547. The Balaban J connectivity index is 2.01. The summed E-state index contributed by atoms with van der Waals surface area (Å²) in [7, 11) is -1.31. The van der Waals surface area contributed by atoms with Crippen LogP contribution in [-0.4, -0.2) is 33.8 Å². The van der Waals surface area contributed by atoms with Gasteiger partial charge in [0, 0.05) is 35.0 Å². The number of carbonyl (C=O) groups excluding carboxylic acids is 1. The van der Waals surface area contributed by atoms with Gasteiger partial charge in [0.1, 0.15) is 11.1 Å². The van der Waals surface area contributed by atoms with Crippen molar-refractivity contribution in [3.05, 3.63) is 24.0 Å². The summed E-state index contributed by atoms with van der Waals surface area (Å²) in [6, 6.07) is 3.94. The predicted molar refractivity (Wildman–Crippen MR) is 80.9 cm³/mol. The molecule has 1 aromatic rings. The highest BCUT2D eigenvalue weighted by Gasteiger charge is 2.29. The molecule has 2 unspecified atom stereocenters. The molecule has 1 amide bonds. The zero-order valence-electron chi connectivity index (χ0n) is 11.8. The van der Waals surface area contributed by atoms with E-state index in [4.69, 9.17) is 10.5 Å². The largest absolute Gasteiger partial charge is 0.399 e. The summed E-state index contributed by atoms with van der Waals surface area (Å²) in [5.41, 5.74) is 5.93. The third kappa shape index (κ3) is 4.01. The van der Waals surface area contributed by atoms with Gasteiger partial charge in [-0.3, -0.25) is 9.00 Å². The van der Waals surface area contributed by atoms with Crippen LogP contribution in [0.25, 0.3) is 0 Å². The van der Waals surface area contributed by atoms with Crippen molar-refractivity contribution >= 4 is 28.1 Å². The Hall–Kier alpha value is -1.47. The first-order chi connectivity index (χ1) is 9.99. The number of nitrogen functional groups attached to an aromatic ring is 1. The molecule has 0 radical (unpaired) electrons. The number of anilines is 2. The van der Waals surface area contributed by atoms with Gasteiger partial charge in [-0.25, -0.2) is 4.39 Å². The molecule has 1 aromatic carbocycles. The van der Waals surface area contributed by atoms with Crippen LogP contribution < -0.4 is 11.1 Å². The minimum Gasteiger partial charge on any atom is -0.399 e. The van der Waals surface area contributed by atoms with E-state index < -0.39 is 27.8 Å². The number of amides is 1. The summed E-state index contributed by atoms with van der Waals surface area (Å²) >= 11 is 0. The van der Waals surface area contributed by atoms with Gasteiger partial charge in [0.2, 0.25) is 5.91 Å². The summed E-state index contributed by atoms with van der Waals surface area (Å²) < 4.78 is 31.2. The number of carbonyl (C=O) groups is 1. The first kappa shape index (κ1) is 15.9. The van der Waals surface area contributed by atoms with Gasteiger partial charge in [-0.1, -0.05) is 0 Å². The number of ether oxygens (including phenoxy) is 1. The van der Waals surface area contributed by atoms with E-state index in [1.165, 1.54) is 18.2 Å². The third-order valence-corrected chi connectivity index (χ3v) is 5.50. The van der Waals surface area contributed by atoms with Crippen molar-refractivity contribution in [3.8, 4) is 0 Å². The summed E-state index contributed by atoms with van der Waals surface area (Å²) in [6.07, 6.45) is 1.35. The molecule has 5 nitrogen and oxygen atoms in total. The minimum atomic E-state index is -1.31. The number of benzene rings is 1. The van der Waals surface area contributed by atoms with Crippen LogP contribution in [0.5, 0.6) is 0 Å². The van der Waals surface area contributed by atoms with Crippen LogP contribution in [-0.2, 0) is 20.3 Å². The lowest BCUT2D eigenvalue weighted by molar-refractivity contribution is -0.115. The van der Waals surface area contributed by atoms with Gasteiger partial charge in [0.25, 0.3) is 0 Å². The van der Waals surface area contributed by atoms with Crippen molar-refractivity contribution in [1.82, 2.24) is 0 Å². The fourth-order valence-electron chi connectivity index (χ4n) is 2.18. The number of nitrogens with two attached hydrogens (primary N) is 1. The number of nitrogens with one attached hydrogen (secondary N) is 1. The molecule has 7 heteroatoms. The van der Waals surface area contributed by atoms with Gasteiger partial charge >= 0.3 is 0 Å². The van der Waals surface area contributed by atoms with E-state index in [2.05, 4.69) is 5.32 Å². The van der Waals surface area contributed by atoms with E-state index in [0.29, 0.717) is 31.7 Å². The standard InChI is InChI=1S/C14H19FN2O3S/c1-9(21(19)11-4-6-20-7-5-11)14(18)17-13-8-10(16)2-3-12(13)15/h2-3,8-9,11H,4-7,16H2,1H3,(H,17,18). The third-order valence-electron chi connectivity index (χ3n) is 3.46. The number of rotatable bonds is 4. The number of halogens is 1. The molecule has 2 atom stereocenters. The Morgan fingerprint density at radius 2 is 2.14 bits per heavy atom. The second-order valence-electron chi connectivity index (χ2n) is 5.01. The monoisotopic (exact) mass is 314 g/mol. The second kappa shape index (κ2) is 7.00. The Morgan fingerprint density at radius 1 is 1.48 bits per heavy atom. The zero-order valence-corrected chi connectivity index (χ0v) is 12.6. The van der Waals surface area contributed by atoms with Crippen molar-refractivity contribution in [2.75, 3.05) is 24.3 Å². The van der Waals surface area contributed by atoms with Crippen LogP contribution in [0.4, 0.5) is 15.8 Å². The summed E-state index contributed by atoms with van der Waals surface area (Å²) in [4.78, 5) is 12.1. The number of hydrogen-bond acceptors (Lipinski definition) is 4. The quantitative estimate of drug-likeness (QED) is 0.828. The smallest absolute Gasteiger partial charge is 0.239 e. The summed E-state index contributed by atoms with van der Waals surface area (Å²) in [6.45, 7) is 2.72. The fourth-order valence-corrected chi connectivity index (χ4v) is 3.68. The van der Waals surface area contributed by atoms with Crippen LogP contribution in [0.1, 0.15) is 19.8 Å². The van der Waals surface area contributed by atoms with Gasteiger partial charge in [0.05, 0.1) is 5.69 Å². The van der Waals surface area contributed by atoms with Crippen molar-refractivity contribution < 1.29 is 18.1 Å². The molecule has 0 saturated carbocycles. The maximum atomic E-state index is 13.6. The molecule has 0 aliphatic carbocycles. The molecule has 0 aromatic heterocycles. The molecule has 21 heavy (non-hydrogen) atoms. The highest BCUT2D eigenvalue weighted by molar-refractivity contribution is 7.87. The van der Waals surface area contributed by atoms with Crippen molar-refractivity contribution in [2.24, 2.45) is 0 Å². The molecule has 0 spiro atoms. The minimum absolute atomic E-state index is 0.0100. The maximum Gasteiger partial charge on any atom is 0.239 e. The molecular formula is C14H19FN2O3S. The zero-order chi connectivity index (χ0) is 15.4. The molecule has 1 aliphatic rings. The van der Waals surface area contributed by atoms with Crippen molar-refractivity contribution in [3.63, 3.8) is 0 Å². The van der Waals surface area contributed by atoms with Crippen LogP contribution in [0.3, 0.4) is 0 Å². The van der Waals surface area contributed by atoms with Gasteiger partial charge < -0.3 is 15.8 Å². The molecule has 1 heterocycles. The lowest BCUT2D eigenvalue weighted by Crippen LogP contribution is -2.37. The molecule has 2 rings (SSSR count). The Labute approximate surface area is 125 Å². The Kier molecular flexibility index (Phi) is 5.30. The topological polar surface area (TPSA) is 81.4 Å². The second-order valence-corrected chi connectivity index (χ2v) is 7.04. The van der Waals surface area contributed by atoms with Crippen LogP contribution >= 0.6 is 0 Å². The average molecular weight is 314 g/mol. The molecule has 0 bridgehead atoms.